The fourth-order valence-electron chi connectivity index (χ4n) is 2.79. The van der Waals surface area contributed by atoms with E-state index < -0.39 is 0 Å². The smallest absolute Gasteiger partial charge is 0.191 e. The van der Waals surface area contributed by atoms with E-state index in [9.17, 15) is 0 Å². The van der Waals surface area contributed by atoms with Gasteiger partial charge in [0.05, 0.1) is 6.54 Å². The standard InChI is InChI=1S/C16H20BrClN6.HI/c1-19-16(20-7-6-11-8-12(18)2-4-14(11)17)23-13-3-5-15-21-10-22-24(15)9-13;/h2,4,8,10,13H,3,5-7,9H2,1H3,(H2,19,20,23);1H. The fourth-order valence-corrected chi connectivity index (χ4v) is 3.43. The van der Waals surface area contributed by atoms with E-state index >= 15 is 0 Å². The van der Waals surface area contributed by atoms with E-state index in [0.29, 0.717) is 6.04 Å². The Labute approximate surface area is 178 Å². The van der Waals surface area contributed by atoms with Gasteiger partial charge >= 0.3 is 0 Å². The maximum Gasteiger partial charge on any atom is 0.191 e. The molecular formula is C16H21BrClIN6. The van der Waals surface area contributed by atoms with Crippen LogP contribution < -0.4 is 10.6 Å². The Hall–Kier alpha value is -0.870. The summed E-state index contributed by atoms with van der Waals surface area (Å²) in [5.41, 5.74) is 1.18. The zero-order valence-corrected chi connectivity index (χ0v) is 18.5. The Morgan fingerprint density at radius 2 is 2.32 bits per heavy atom. The molecule has 2 aromatic rings. The van der Waals surface area contributed by atoms with Crippen LogP contribution in [0.4, 0.5) is 0 Å². The molecule has 6 nitrogen and oxygen atoms in total. The van der Waals surface area contributed by atoms with E-state index in [-0.39, 0.29) is 24.0 Å². The fraction of sp³-hybridized carbons (Fsp3) is 0.438. The minimum atomic E-state index is 0. The Balaban J connectivity index is 0.00000225. The number of benzene rings is 1. The first-order valence-electron chi connectivity index (χ1n) is 7.93. The van der Waals surface area contributed by atoms with Crippen molar-refractivity contribution in [3.8, 4) is 0 Å². The highest BCUT2D eigenvalue weighted by atomic mass is 127. The second-order valence-corrected chi connectivity index (χ2v) is 7.01. The highest BCUT2D eigenvalue weighted by Crippen LogP contribution is 2.21. The third kappa shape index (κ3) is 5.55. The van der Waals surface area contributed by atoms with E-state index in [1.807, 2.05) is 22.9 Å². The summed E-state index contributed by atoms with van der Waals surface area (Å²) in [6.45, 7) is 1.59. The Kier molecular flexibility index (Phi) is 7.95. The van der Waals surface area contributed by atoms with Gasteiger partial charge in [0.1, 0.15) is 12.2 Å². The van der Waals surface area contributed by atoms with Crippen LogP contribution in [0.5, 0.6) is 0 Å². The number of hydrogen-bond donors (Lipinski definition) is 2. The van der Waals surface area contributed by atoms with E-state index in [2.05, 4.69) is 41.6 Å². The van der Waals surface area contributed by atoms with Crippen molar-refractivity contribution in [3.05, 3.63) is 45.4 Å². The highest BCUT2D eigenvalue weighted by Gasteiger charge is 2.20. The van der Waals surface area contributed by atoms with Crippen molar-refractivity contribution in [1.29, 1.82) is 0 Å². The van der Waals surface area contributed by atoms with Crippen molar-refractivity contribution >= 4 is 57.5 Å². The first kappa shape index (κ1) is 20.4. The number of aliphatic imine (C=N–C) groups is 1. The first-order valence-corrected chi connectivity index (χ1v) is 9.10. The molecule has 136 valence electrons. The van der Waals surface area contributed by atoms with Crippen LogP contribution in [0.1, 0.15) is 17.8 Å². The van der Waals surface area contributed by atoms with Crippen LogP contribution in [0.3, 0.4) is 0 Å². The zero-order valence-electron chi connectivity index (χ0n) is 13.9. The van der Waals surface area contributed by atoms with E-state index in [4.69, 9.17) is 11.6 Å². The lowest BCUT2D eigenvalue weighted by molar-refractivity contribution is 0.393. The highest BCUT2D eigenvalue weighted by molar-refractivity contribution is 14.0. The number of aromatic nitrogens is 3. The predicted molar refractivity (Wildman–Crippen MR) is 115 cm³/mol. The van der Waals surface area contributed by atoms with Crippen molar-refractivity contribution in [1.82, 2.24) is 25.4 Å². The normalized spacial score (nSPS) is 16.8. The molecule has 2 N–H and O–H groups in total. The minimum absolute atomic E-state index is 0. The van der Waals surface area contributed by atoms with Gasteiger partial charge in [0, 0.05) is 35.6 Å². The third-order valence-corrected chi connectivity index (χ3v) is 5.07. The molecule has 1 atom stereocenters. The Bertz CT molecular complexity index is 735. The van der Waals surface area contributed by atoms with Crippen LogP contribution >= 0.6 is 51.5 Å². The SMILES string of the molecule is CN=C(NCCc1cc(Cl)ccc1Br)NC1CCc2ncnn2C1.I. The van der Waals surface area contributed by atoms with Crippen LogP contribution in [0.2, 0.25) is 5.02 Å². The molecule has 1 aliphatic rings. The molecule has 25 heavy (non-hydrogen) atoms. The quantitative estimate of drug-likeness (QED) is 0.356. The number of hydrogen-bond acceptors (Lipinski definition) is 3. The van der Waals surface area contributed by atoms with E-state index in [0.717, 1.165) is 53.6 Å². The minimum Gasteiger partial charge on any atom is -0.356 e. The van der Waals surface area contributed by atoms with Gasteiger partial charge in [-0.2, -0.15) is 5.10 Å². The molecule has 0 amide bonds. The van der Waals surface area contributed by atoms with Crippen molar-refractivity contribution in [3.63, 3.8) is 0 Å². The lowest BCUT2D eigenvalue weighted by Crippen LogP contribution is -2.47. The molecular weight excluding hydrogens is 518 g/mol. The summed E-state index contributed by atoms with van der Waals surface area (Å²) in [4.78, 5) is 8.56. The van der Waals surface area contributed by atoms with Gasteiger partial charge in [0.15, 0.2) is 5.96 Å². The van der Waals surface area contributed by atoms with Crippen LogP contribution in [0, 0.1) is 0 Å². The summed E-state index contributed by atoms with van der Waals surface area (Å²) in [5, 5.41) is 11.8. The number of nitrogens with one attached hydrogen (secondary N) is 2. The molecule has 9 heteroatoms. The van der Waals surface area contributed by atoms with Gasteiger partial charge in [-0.05, 0) is 36.6 Å². The molecule has 1 aromatic carbocycles. The molecule has 0 saturated heterocycles. The molecule has 1 aromatic heterocycles. The van der Waals surface area contributed by atoms with Crippen molar-refractivity contribution in [2.45, 2.75) is 31.8 Å². The first-order chi connectivity index (χ1) is 11.7. The van der Waals surface area contributed by atoms with Gasteiger partial charge in [-0.3, -0.25) is 4.99 Å². The molecule has 1 aliphatic heterocycles. The molecule has 0 fully saturated rings. The molecule has 0 saturated carbocycles. The number of aryl methyl sites for hydroxylation is 1. The third-order valence-electron chi connectivity index (χ3n) is 4.06. The van der Waals surface area contributed by atoms with Gasteiger partial charge in [-0.1, -0.05) is 27.5 Å². The topological polar surface area (TPSA) is 67.1 Å². The molecule has 1 unspecified atom stereocenters. The molecule has 0 aliphatic carbocycles. The second kappa shape index (κ2) is 9.72. The molecule has 0 spiro atoms. The van der Waals surface area contributed by atoms with Gasteiger partial charge < -0.3 is 10.6 Å². The van der Waals surface area contributed by atoms with Crippen molar-refractivity contribution in [2.24, 2.45) is 4.99 Å². The summed E-state index contributed by atoms with van der Waals surface area (Å²) in [7, 11) is 1.79. The van der Waals surface area contributed by atoms with Crippen LogP contribution in [0.25, 0.3) is 0 Å². The summed E-state index contributed by atoms with van der Waals surface area (Å²) in [6, 6.07) is 6.15. The lowest BCUT2D eigenvalue weighted by Gasteiger charge is -2.25. The maximum atomic E-state index is 6.06. The molecule has 3 rings (SSSR count). The number of rotatable bonds is 4. The van der Waals surface area contributed by atoms with Gasteiger partial charge in [0.25, 0.3) is 0 Å². The number of fused-ring (bicyclic) bond motifs is 1. The maximum absolute atomic E-state index is 6.06. The lowest BCUT2D eigenvalue weighted by atomic mass is 10.1. The summed E-state index contributed by atoms with van der Waals surface area (Å²) in [6.07, 6.45) is 4.44. The van der Waals surface area contributed by atoms with Gasteiger partial charge in [0.2, 0.25) is 0 Å². The Morgan fingerprint density at radius 3 is 3.12 bits per heavy atom. The van der Waals surface area contributed by atoms with Crippen molar-refractivity contribution < 1.29 is 0 Å². The van der Waals surface area contributed by atoms with Gasteiger partial charge in [-0.15, -0.1) is 24.0 Å². The number of nitrogens with zero attached hydrogens (tertiary/aromatic N) is 4. The molecule has 0 bridgehead atoms. The van der Waals surface area contributed by atoms with Crippen LogP contribution in [0.15, 0.2) is 34.0 Å². The van der Waals surface area contributed by atoms with Gasteiger partial charge in [-0.25, -0.2) is 9.67 Å². The van der Waals surface area contributed by atoms with E-state index in [1.54, 1.807) is 13.4 Å². The monoisotopic (exact) mass is 538 g/mol. The number of guanidine groups is 1. The average molecular weight is 540 g/mol. The zero-order chi connectivity index (χ0) is 16.9. The largest absolute Gasteiger partial charge is 0.356 e. The Morgan fingerprint density at radius 1 is 1.48 bits per heavy atom. The second-order valence-electron chi connectivity index (χ2n) is 5.72. The molecule has 2 heterocycles. The van der Waals surface area contributed by atoms with Crippen LogP contribution in [-0.4, -0.2) is 40.4 Å². The van der Waals surface area contributed by atoms with E-state index in [1.165, 1.54) is 5.56 Å². The molecule has 0 radical (unpaired) electrons. The van der Waals surface area contributed by atoms with Crippen molar-refractivity contribution in [2.75, 3.05) is 13.6 Å². The predicted octanol–water partition coefficient (Wildman–Crippen LogP) is 3.03. The summed E-state index contributed by atoms with van der Waals surface area (Å²) in [5.74, 6) is 1.86. The number of halogens is 3. The average Bonchev–Trinajstić information content (AvgIpc) is 3.04. The summed E-state index contributed by atoms with van der Waals surface area (Å²) < 4.78 is 3.03. The van der Waals surface area contributed by atoms with Crippen LogP contribution in [-0.2, 0) is 19.4 Å². The summed E-state index contributed by atoms with van der Waals surface area (Å²) >= 11 is 9.61.